The second kappa shape index (κ2) is 7.06. The number of pyridine rings is 1. The van der Waals surface area contributed by atoms with Gasteiger partial charge in [-0.25, -0.2) is 17.8 Å². The van der Waals surface area contributed by atoms with Crippen molar-refractivity contribution >= 4 is 21.6 Å². The Morgan fingerprint density at radius 2 is 1.93 bits per heavy atom. The number of nitrogens with zero attached hydrogens (tertiary/aromatic N) is 2. The van der Waals surface area contributed by atoms with E-state index < -0.39 is 62.8 Å². The van der Waals surface area contributed by atoms with Crippen molar-refractivity contribution in [3.8, 4) is 0 Å². The molecule has 29 heavy (non-hydrogen) atoms. The molecular formula is C16H15F5N4O3S. The molecule has 0 aliphatic heterocycles. The van der Waals surface area contributed by atoms with Crippen LogP contribution in [0.25, 0.3) is 0 Å². The van der Waals surface area contributed by atoms with Crippen LogP contribution >= 0.6 is 0 Å². The molecule has 3 rings (SSSR count). The Labute approximate surface area is 162 Å². The number of halogens is 5. The maximum Gasteiger partial charge on any atom is 0.407 e. The SMILES string of the molecule is Cn1cc(S(=O)(=O)NC2(C(F)(F)F)CCC2)c(F)c1C(=O)Nc1ccnc(F)c1. The Morgan fingerprint density at radius 3 is 2.45 bits per heavy atom. The molecule has 1 fully saturated rings. The number of carbonyl (C=O) groups excluding carboxylic acids is 1. The van der Waals surface area contributed by atoms with E-state index in [0.717, 1.165) is 23.9 Å². The molecule has 2 aromatic heterocycles. The molecule has 1 aliphatic carbocycles. The summed E-state index contributed by atoms with van der Waals surface area (Å²) in [7, 11) is -3.78. The first-order chi connectivity index (χ1) is 13.4. The molecule has 0 bridgehead atoms. The van der Waals surface area contributed by atoms with Crippen molar-refractivity contribution in [2.45, 2.75) is 35.9 Å². The summed E-state index contributed by atoms with van der Waals surface area (Å²) in [5, 5.41) is 2.17. The molecule has 1 amide bonds. The van der Waals surface area contributed by atoms with E-state index in [9.17, 15) is 35.2 Å². The van der Waals surface area contributed by atoms with E-state index in [1.54, 1.807) is 4.72 Å². The summed E-state index contributed by atoms with van der Waals surface area (Å²) in [6.07, 6.45) is -3.88. The van der Waals surface area contributed by atoms with Crippen molar-refractivity contribution in [2.75, 3.05) is 5.32 Å². The lowest BCUT2D eigenvalue weighted by atomic mass is 9.77. The van der Waals surface area contributed by atoms with Gasteiger partial charge in [0, 0.05) is 31.2 Å². The van der Waals surface area contributed by atoms with Crippen LogP contribution in [0.2, 0.25) is 0 Å². The standard InChI is InChI=1S/C16H15F5N4O3S/c1-25-8-10(29(27,28)24-15(4-2-5-15)16(19,20)21)12(18)13(25)14(26)23-9-3-6-22-11(17)7-9/h3,6-8,24H,2,4-5H2,1H3,(H,22,23,26). The number of nitrogens with one attached hydrogen (secondary N) is 2. The highest BCUT2D eigenvalue weighted by molar-refractivity contribution is 7.89. The minimum atomic E-state index is -4.92. The van der Waals surface area contributed by atoms with Crippen LogP contribution in [0.4, 0.5) is 27.6 Å². The van der Waals surface area contributed by atoms with Crippen LogP contribution in [0.1, 0.15) is 29.8 Å². The second-order valence-corrected chi connectivity index (χ2v) is 8.28. The molecule has 158 valence electrons. The average molecular weight is 438 g/mol. The minimum Gasteiger partial charge on any atom is -0.343 e. The molecule has 0 aromatic carbocycles. The lowest BCUT2D eigenvalue weighted by Gasteiger charge is -2.43. The number of hydrogen-bond donors (Lipinski definition) is 2. The van der Waals surface area contributed by atoms with E-state index in [1.165, 1.54) is 6.07 Å². The number of aromatic nitrogens is 2. The van der Waals surface area contributed by atoms with Crippen LogP contribution in [0.5, 0.6) is 0 Å². The first-order valence-corrected chi connectivity index (χ1v) is 9.73. The van der Waals surface area contributed by atoms with Gasteiger partial charge in [-0.2, -0.15) is 22.3 Å². The minimum absolute atomic E-state index is 0.0730. The third-order valence-electron chi connectivity index (χ3n) is 4.66. The predicted molar refractivity (Wildman–Crippen MR) is 90.5 cm³/mol. The number of carbonyl (C=O) groups is 1. The number of rotatable bonds is 5. The van der Waals surface area contributed by atoms with Gasteiger partial charge in [-0.3, -0.25) is 4.79 Å². The van der Waals surface area contributed by atoms with Crippen molar-refractivity contribution in [2.24, 2.45) is 7.05 Å². The lowest BCUT2D eigenvalue weighted by Crippen LogP contribution is -2.62. The summed E-state index contributed by atoms with van der Waals surface area (Å²) >= 11 is 0. The number of amides is 1. The second-order valence-electron chi connectivity index (χ2n) is 6.63. The smallest absolute Gasteiger partial charge is 0.343 e. The Kier molecular flexibility index (Phi) is 5.15. The van der Waals surface area contributed by atoms with Crippen molar-refractivity contribution in [1.29, 1.82) is 0 Å². The van der Waals surface area contributed by atoms with Crippen LogP contribution in [0, 0.1) is 11.8 Å². The fourth-order valence-corrected chi connectivity index (χ4v) is 4.55. The zero-order valence-corrected chi connectivity index (χ0v) is 15.7. The summed E-state index contributed by atoms with van der Waals surface area (Å²) in [4.78, 5) is 14.5. The molecule has 1 saturated carbocycles. The maximum absolute atomic E-state index is 14.7. The molecule has 1 aliphatic rings. The van der Waals surface area contributed by atoms with Crippen LogP contribution in [0.15, 0.2) is 29.4 Å². The Morgan fingerprint density at radius 1 is 1.28 bits per heavy atom. The molecule has 0 atom stereocenters. The van der Waals surface area contributed by atoms with E-state index in [0.29, 0.717) is 6.20 Å². The molecule has 0 unspecified atom stereocenters. The molecular weight excluding hydrogens is 423 g/mol. The van der Waals surface area contributed by atoms with E-state index in [1.807, 2.05) is 0 Å². The number of alkyl halides is 3. The molecule has 0 spiro atoms. The Hall–Kier alpha value is -2.54. The number of sulfonamides is 1. The topological polar surface area (TPSA) is 93.1 Å². The Balaban J connectivity index is 1.91. The third-order valence-corrected chi connectivity index (χ3v) is 6.18. The van der Waals surface area contributed by atoms with Crippen LogP contribution in [-0.2, 0) is 17.1 Å². The normalized spacial score (nSPS) is 16.3. The summed E-state index contributed by atoms with van der Waals surface area (Å²) < 4.78 is 94.9. The molecule has 0 radical (unpaired) electrons. The van der Waals surface area contributed by atoms with Gasteiger partial charge in [0.05, 0.1) is 0 Å². The van der Waals surface area contributed by atoms with Crippen molar-refractivity contribution < 1.29 is 35.2 Å². The van der Waals surface area contributed by atoms with Gasteiger partial charge < -0.3 is 9.88 Å². The quantitative estimate of drug-likeness (QED) is 0.555. The highest BCUT2D eigenvalue weighted by atomic mass is 32.2. The van der Waals surface area contributed by atoms with Gasteiger partial charge in [0.25, 0.3) is 5.91 Å². The summed E-state index contributed by atoms with van der Waals surface area (Å²) in [5.41, 5.74) is -3.49. The predicted octanol–water partition coefficient (Wildman–Crippen LogP) is 2.71. The van der Waals surface area contributed by atoms with E-state index in [-0.39, 0.29) is 12.1 Å². The Bertz CT molecular complexity index is 1060. The van der Waals surface area contributed by atoms with Gasteiger partial charge in [-0.1, -0.05) is 0 Å². The zero-order chi connectivity index (χ0) is 21.6. The lowest BCUT2D eigenvalue weighted by molar-refractivity contribution is -0.212. The molecule has 13 heteroatoms. The highest BCUT2D eigenvalue weighted by Crippen LogP contribution is 2.46. The van der Waals surface area contributed by atoms with Gasteiger partial charge in [0.15, 0.2) is 5.82 Å². The van der Waals surface area contributed by atoms with Crippen molar-refractivity contribution in [1.82, 2.24) is 14.3 Å². The van der Waals surface area contributed by atoms with E-state index in [2.05, 4.69) is 10.3 Å². The number of anilines is 1. The van der Waals surface area contributed by atoms with Gasteiger partial charge >= 0.3 is 6.18 Å². The average Bonchev–Trinajstić information content (AvgIpc) is 2.85. The van der Waals surface area contributed by atoms with Gasteiger partial charge in [-0.15, -0.1) is 0 Å². The first kappa shape index (κ1) is 21.2. The zero-order valence-electron chi connectivity index (χ0n) is 14.8. The molecule has 2 heterocycles. The summed E-state index contributed by atoms with van der Waals surface area (Å²) in [6, 6.07) is 2.06. The van der Waals surface area contributed by atoms with Crippen LogP contribution < -0.4 is 10.0 Å². The van der Waals surface area contributed by atoms with Crippen LogP contribution in [0.3, 0.4) is 0 Å². The third kappa shape index (κ3) is 3.83. The first-order valence-electron chi connectivity index (χ1n) is 8.25. The van der Waals surface area contributed by atoms with Crippen molar-refractivity contribution in [3.05, 3.63) is 42.0 Å². The van der Waals surface area contributed by atoms with Crippen LogP contribution in [-0.4, -0.2) is 35.6 Å². The van der Waals surface area contributed by atoms with E-state index >= 15 is 0 Å². The number of aryl methyl sites for hydroxylation is 1. The van der Waals surface area contributed by atoms with Crippen molar-refractivity contribution in [3.63, 3.8) is 0 Å². The highest BCUT2D eigenvalue weighted by Gasteiger charge is 2.60. The largest absolute Gasteiger partial charge is 0.407 e. The fraction of sp³-hybridized carbons (Fsp3) is 0.375. The molecule has 2 N–H and O–H groups in total. The van der Waals surface area contributed by atoms with Gasteiger partial charge in [-0.05, 0) is 25.3 Å². The molecule has 0 saturated heterocycles. The molecule has 2 aromatic rings. The van der Waals surface area contributed by atoms with Gasteiger partial charge in [0.2, 0.25) is 16.0 Å². The number of hydrogen-bond acceptors (Lipinski definition) is 4. The monoisotopic (exact) mass is 438 g/mol. The fourth-order valence-electron chi connectivity index (χ4n) is 2.97. The summed E-state index contributed by atoms with van der Waals surface area (Å²) in [5.74, 6) is -3.56. The van der Waals surface area contributed by atoms with E-state index in [4.69, 9.17) is 0 Å². The maximum atomic E-state index is 14.7. The van der Waals surface area contributed by atoms with Gasteiger partial charge in [0.1, 0.15) is 16.1 Å². The summed E-state index contributed by atoms with van der Waals surface area (Å²) in [6.45, 7) is 0. The molecule has 7 nitrogen and oxygen atoms in total.